The highest BCUT2D eigenvalue weighted by Gasteiger charge is 2.37. The quantitative estimate of drug-likeness (QED) is 0.728. The van der Waals surface area contributed by atoms with Crippen molar-refractivity contribution < 1.29 is 9.53 Å². The van der Waals surface area contributed by atoms with Gasteiger partial charge in [-0.05, 0) is 68.9 Å². The molecule has 138 valence electrons. The number of alkyl carbamates (subject to hydrolysis) is 1. The molecule has 3 rings (SSSR count). The van der Waals surface area contributed by atoms with Crippen LogP contribution in [-0.2, 0) is 23.0 Å². The summed E-state index contributed by atoms with van der Waals surface area (Å²) in [7, 11) is 0. The Morgan fingerprint density at radius 2 is 1.88 bits per heavy atom. The lowest BCUT2D eigenvalue weighted by Crippen LogP contribution is -2.46. The molecule has 0 spiro atoms. The van der Waals surface area contributed by atoms with Crippen LogP contribution in [0.5, 0.6) is 0 Å². The fourth-order valence-corrected chi connectivity index (χ4v) is 4.07. The summed E-state index contributed by atoms with van der Waals surface area (Å²) in [4.78, 5) is 12.2. The van der Waals surface area contributed by atoms with Gasteiger partial charge in [0.05, 0.1) is 0 Å². The standard InChI is InChI=1S/C22H26BrNO2/c1-21(2,3)26-20(25)24-15-22(18-9-6-10-19(23)13-18)12-11-16-7-4-5-8-17(16)14-22/h4-10,13H,11-12,14-15H2,1-3H3,(H,24,25). The van der Waals surface area contributed by atoms with Crippen molar-refractivity contribution in [1.29, 1.82) is 0 Å². The average Bonchev–Trinajstić information content (AvgIpc) is 2.58. The van der Waals surface area contributed by atoms with Crippen LogP contribution in [0.25, 0.3) is 0 Å². The Labute approximate surface area is 164 Å². The molecule has 1 aliphatic rings. The molecule has 0 saturated heterocycles. The topological polar surface area (TPSA) is 38.3 Å². The molecule has 26 heavy (non-hydrogen) atoms. The summed E-state index contributed by atoms with van der Waals surface area (Å²) in [6.07, 6.45) is 2.57. The number of ether oxygens (including phenoxy) is 1. The molecule has 0 radical (unpaired) electrons. The minimum atomic E-state index is -0.494. The van der Waals surface area contributed by atoms with Crippen molar-refractivity contribution in [2.75, 3.05) is 6.54 Å². The number of halogens is 1. The number of nitrogens with one attached hydrogen (secondary N) is 1. The predicted molar refractivity (Wildman–Crippen MR) is 109 cm³/mol. The first-order chi connectivity index (χ1) is 12.3. The van der Waals surface area contributed by atoms with Gasteiger partial charge in [0.2, 0.25) is 0 Å². The maximum Gasteiger partial charge on any atom is 0.407 e. The molecule has 1 amide bonds. The summed E-state index contributed by atoms with van der Waals surface area (Å²) in [5.74, 6) is 0. The highest BCUT2D eigenvalue weighted by molar-refractivity contribution is 9.10. The zero-order valence-electron chi connectivity index (χ0n) is 15.6. The molecule has 4 heteroatoms. The molecule has 0 aromatic heterocycles. The SMILES string of the molecule is CC(C)(C)OC(=O)NCC1(c2cccc(Br)c2)CCc2ccccc2C1. The summed E-state index contributed by atoms with van der Waals surface area (Å²) in [6.45, 7) is 6.21. The fraction of sp³-hybridized carbons (Fsp3) is 0.409. The molecule has 2 aromatic carbocycles. The van der Waals surface area contributed by atoms with Crippen molar-refractivity contribution in [2.24, 2.45) is 0 Å². The Bertz CT molecular complexity index is 797. The third-order valence-electron chi connectivity index (χ3n) is 4.93. The van der Waals surface area contributed by atoms with Gasteiger partial charge < -0.3 is 10.1 Å². The van der Waals surface area contributed by atoms with Gasteiger partial charge in [0.1, 0.15) is 5.60 Å². The van der Waals surface area contributed by atoms with E-state index in [1.807, 2.05) is 26.8 Å². The fourth-order valence-electron chi connectivity index (χ4n) is 3.67. The lowest BCUT2D eigenvalue weighted by atomic mass is 9.67. The van der Waals surface area contributed by atoms with E-state index in [2.05, 4.69) is 63.7 Å². The van der Waals surface area contributed by atoms with Crippen LogP contribution in [0.2, 0.25) is 0 Å². The average molecular weight is 416 g/mol. The van der Waals surface area contributed by atoms with Crippen molar-refractivity contribution in [3.8, 4) is 0 Å². The Morgan fingerprint density at radius 1 is 1.15 bits per heavy atom. The largest absolute Gasteiger partial charge is 0.444 e. The van der Waals surface area contributed by atoms with Gasteiger partial charge in [0.15, 0.2) is 0 Å². The van der Waals surface area contributed by atoms with Crippen LogP contribution in [0, 0.1) is 0 Å². The van der Waals surface area contributed by atoms with E-state index in [9.17, 15) is 4.79 Å². The second kappa shape index (κ2) is 7.43. The minimum Gasteiger partial charge on any atom is -0.444 e. The van der Waals surface area contributed by atoms with Crippen molar-refractivity contribution in [3.05, 3.63) is 69.7 Å². The van der Waals surface area contributed by atoms with Crippen LogP contribution < -0.4 is 5.32 Å². The maximum atomic E-state index is 12.2. The molecule has 3 nitrogen and oxygen atoms in total. The number of hydrogen-bond donors (Lipinski definition) is 1. The monoisotopic (exact) mass is 415 g/mol. The minimum absolute atomic E-state index is 0.130. The van der Waals surface area contributed by atoms with Gasteiger partial charge in [-0.15, -0.1) is 0 Å². The number of amides is 1. The van der Waals surface area contributed by atoms with Crippen LogP contribution in [0.4, 0.5) is 4.79 Å². The van der Waals surface area contributed by atoms with Gasteiger partial charge in [0.25, 0.3) is 0 Å². The van der Waals surface area contributed by atoms with Crippen LogP contribution in [0.15, 0.2) is 53.0 Å². The van der Waals surface area contributed by atoms with Crippen molar-refractivity contribution in [1.82, 2.24) is 5.32 Å². The summed E-state index contributed by atoms with van der Waals surface area (Å²) in [6, 6.07) is 17.0. The molecule has 1 N–H and O–H groups in total. The van der Waals surface area contributed by atoms with E-state index in [1.54, 1.807) is 0 Å². The molecule has 0 fully saturated rings. The van der Waals surface area contributed by atoms with Crippen molar-refractivity contribution in [2.45, 2.75) is 51.0 Å². The van der Waals surface area contributed by atoms with Gasteiger partial charge >= 0.3 is 6.09 Å². The maximum absolute atomic E-state index is 12.2. The molecule has 0 bridgehead atoms. The molecule has 0 heterocycles. The molecule has 2 aromatic rings. The van der Waals surface area contributed by atoms with E-state index in [4.69, 9.17) is 4.74 Å². The van der Waals surface area contributed by atoms with Gasteiger partial charge in [-0.25, -0.2) is 4.79 Å². The van der Waals surface area contributed by atoms with E-state index in [0.717, 1.165) is 23.7 Å². The third kappa shape index (κ3) is 4.47. The van der Waals surface area contributed by atoms with Crippen molar-refractivity contribution >= 4 is 22.0 Å². The Morgan fingerprint density at radius 3 is 2.58 bits per heavy atom. The third-order valence-corrected chi connectivity index (χ3v) is 5.42. The van der Waals surface area contributed by atoms with Crippen LogP contribution in [0.1, 0.15) is 43.9 Å². The highest BCUT2D eigenvalue weighted by Crippen LogP contribution is 2.39. The number of carbonyl (C=O) groups is 1. The molecular weight excluding hydrogens is 390 g/mol. The number of fused-ring (bicyclic) bond motifs is 1. The molecule has 0 aliphatic heterocycles. The summed E-state index contributed by atoms with van der Waals surface area (Å²) >= 11 is 3.59. The number of aryl methyl sites for hydroxylation is 1. The Kier molecular flexibility index (Phi) is 5.42. The van der Waals surface area contributed by atoms with Crippen LogP contribution in [0.3, 0.4) is 0 Å². The van der Waals surface area contributed by atoms with Gasteiger partial charge in [-0.2, -0.15) is 0 Å². The smallest absolute Gasteiger partial charge is 0.407 e. The molecule has 0 saturated carbocycles. The molecule has 1 unspecified atom stereocenters. The lowest BCUT2D eigenvalue weighted by molar-refractivity contribution is 0.0511. The normalized spacial score (nSPS) is 19.5. The first-order valence-corrected chi connectivity index (χ1v) is 9.86. The number of rotatable bonds is 3. The predicted octanol–water partition coefficient (Wildman–Crippen LogP) is 5.40. The van der Waals surface area contributed by atoms with E-state index in [-0.39, 0.29) is 11.5 Å². The van der Waals surface area contributed by atoms with E-state index >= 15 is 0 Å². The van der Waals surface area contributed by atoms with Gasteiger partial charge in [-0.1, -0.05) is 52.3 Å². The number of hydrogen-bond acceptors (Lipinski definition) is 2. The van der Waals surface area contributed by atoms with E-state index in [1.165, 1.54) is 16.7 Å². The number of benzene rings is 2. The Hall–Kier alpha value is -1.81. The second-order valence-corrected chi connectivity index (χ2v) is 9.01. The molecular formula is C22H26BrNO2. The lowest BCUT2D eigenvalue weighted by Gasteiger charge is -2.39. The zero-order valence-corrected chi connectivity index (χ0v) is 17.2. The highest BCUT2D eigenvalue weighted by atomic mass is 79.9. The second-order valence-electron chi connectivity index (χ2n) is 8.09. The Balaban J connectivity index is 1.87. The first kappa shape index (κ1) is 19.0. The summed E-state index contributed by atoms with van der Waals surface area (Å²) in [5.41, 5.74) is 3.40. The molecule has 1 aliphatic carbocycles. The number of carbonyl (C=O) groups excluding carboxylic acids is 1. The first-order valence-electron chi connectivity index (χ1n) is 9.07. The van der Waals surface area contributed by atoms with Crippen LogP contribution >= 0.6 is 15.9 Å². The van der Waals surface area contributed by atoms with Crippen molar-refractivity contribution in [3.63, 3.8) is 0 Å². The van der Waals surface area contributed by atoms with E-state index in [0.29, 0.717) is 6.54 Å². The molecule has 1 atom stereocenters. The van der Waals surface area contributed by atoms with Gasteiger partial charge in [0, 0.05) is 16.4 Å². The zero-order chi connectivity index (χ0) is 18.8. The van der Waals surface area contributed by atoms with Crippen LogP contribution in [-0.4, -0.2) is 18.2 Å². The summed E-state index contributed by atoms with van der Waals surface area (Å²) < 4.78 is 6.50. The van der Waals surface area contributed by atoms with E-state index < -0.39 is 5.60 Å². The van der Waals surface area contributed by atoms with Gasteiger partial charge in [-0.3, -0.25) is 0 Å². The summed E-state index contributed by atoms with van der Waals surface area (Å²) in [5, 5.41) is 3.02.